The number of carbonyl (C=O) groups excluding carboxylic acids is 4. The SMILES string of the molecule is CC(C)C(N)C(=O)NC(CC(N)=O)C(=O)NC(CS)C(=O)NC(C(=O)O)C(C)C. The van der Waals surface area contributed by atoms with E-state index in [1.54, 1.807) is 27.7 Å². The molecule has 4 atom stereocenters. The summed E-state index contributed by atoms with van der Waals surface area (Å²) in [6.07, 6.45) is -0.507. The first kappa shape index (κ1) is 26.7. The van der Waals surface area contributed by atoms with Crippen molar-refractivity contribution in [1.29, 1.82) is 0 Å². The Balaban J connectivity index is 5.27. The molecule has 29 heavy (non-hydrogen) atoms. The van der Waals surface area contributed by atoms with E-state index in [0.717, 1.165) is 0 Å². The standard InChI is InChI=1S/C17H31N5O6S/c1-7(2)12(19)16(26)20-9(5-11(18)23)14(24)21-10(6-29)15(25)22-13(8(3)4)17(27)28/h7-10,12-13,29H,5-6,19H2,1-4H3,(H2,18,23)(H,20,26)(H,21,24)(H,22,25)(H,27,28). The molecule has 0 bridgehead atoms. The van der Waals surface area contributed by atoms with Gasteiger partial charge in [0.2, 0.25) is 23.6 Å². The summed E-state index contributed by atoms with van der Waals surface area (Å²) in [7, 11) is 0. The van der Waals surface area contributed by atoms with Gasteiger partial charge in [0.05, 0.1) is 12.5 Å². The molecule has 0 aromatic rings. The van der Waals surface area contributed by atoms with Crippen molar-refractivity contribution in [1.82, 2.24) is 16.0 Å². The molecule has 0 fully saturated rings. The van der Waals surface area contributed by atoms with E-state index in [9.17, 15) is 29.1 Å². The number of carboxylic acid groups (broad SMARTS) is 1. The highest BCUT2D eigenvalue weighted by Crippen LogP contribution is 2.04. The molecule has 4 amide bonds. The number of hydrogen-bond donors (Lipinski definition) is 7. The first-order valence-electron chi connectivity index (χ1n) is 9.10. The van der Waals surface area contributed by atoms with Gasteiger partial charge in [-0.1, -0.05) is 27.7 Å². The molecule has 11 nitrogen and oxygen atoms in total. The molecule has 166 valence electrons. The topological polar surface area (TPSA) is 194 Å². The zero-order chi connectivity index (χ0) is 22.9. The third-order valence-electron chi connectivity index (χ3n) is 4.11. The molecule has 0 aromatic carbocycles. The van der Waals surface area contributed by atoms with E-state index in [0.29, 0.717) is 0 Å². The third kappa shape index (κ3) is 9.13. The highest BCUT2D eigenvalue weighted by atomic mass is 32.1. The maximum absolute atomic E-state index is 12.5. The molecule has 0 heterocycles. The molecule has 0 aliphatic heterocycles. The van der Waals surface area contributed by atoms with Crippen molar-refractivity contribution in [2.45, 2.75) is 58.3 Å². The van der Waals surface area contributed by atoms with Crippen LogP contribution in [0.1, 0.15) is 34.1 Å². The average molecular weight is 434 g/mol. The van der Waals surface area contributed by atoms with Gasteiger partial charge < -0.3 is 32.5 Å². The van der Waals surface area contributed by atoms with Gasteiger partial charge in [0.25, 0.3) is 0 Å². The lowest BCUT2D eigenvalue weighted by Gasteiger charge is -2.25. The minimum atomic E-state index is -1.35. The summed E-state index contributed by atoms with van der Waals surface area (Å²) < 4.78 is 0. The lowest BCUT2D eigenvalue weighted by atomic mass is 10.0. The van der Waals surface area contributed by atoms with E-state index in [1.807, 2.05) is 0 Å². The largest absolute Gasteiger partial charge is 0.480 e. The fraction of sp³-hybridized carbons (Fsp3) is 0.706. The van der Waals surface area contributed by atoms with E-state index in [-0.39, 0.29) is 11.7 Å². The minimum absolute atomic E-state index is 0.148. The van der Waals surface area contributed by atoms with Gasteiger partial charge >= 0.3 is 5.97 Å². The first-order chi connectivity index (χ1) is 13.3. The van der Waals surface area contributed by atoms with Gasteiger partial charge in [0.1, 0.15) is 18.1 Å². The molecule has 0 aromatic heterocycles. The van der Waals surface area contributed by atoms with Gasteiger partial charge in [0.15, 0.2) is 0 Å². The molecular formula is C17H31N5O6S. The van der Waals surface area contributed by atoms with Crippen LogP contribution in [0.15, 0.2) is 0 Å². The van der Waals surface area contributed by atoms with Crippen LogP contribution in [0.2, 0.25) is 0 Å². The van der Waals surface area contributed by atoms with Crippen LogP contribution in [0.5, 0.6) is 0 Å². The number of nitrogens with two attached hydrogens (primary N) is 2. The van der Waals surface area contributed by atoms with Crippen LogP contribution in [0, 0.1) is 11.8 Å². The maximum atomic E-state index is 12.5. The Labute approximate surface area is 175 Å². The second kappa shape index (κ2) is 12.3. The molecule has 0 spiro atoms. The summed E-state index contributed by atoms with van der Waals surface area (Å²) in [6.45, 7) is 6.65. The van der Waals surface area contributed by atoms with Crippen LogP contribution in [0.3, 0.4) is 0 Å². The number of hydrogen-bond acceptors (Lipinski definition) is 7. The Morgan fingerprint density at radius 2 is 1.34 bits per heavy atom. The number of thiol groups is 1. The van der Waals surface area contributed by atoms with Crippen LogP contribution < -0.4 is 27.4 Å². The Kier molecular flexibility index (Phi) is 11.3. The Bertz CT molecular complexity index is 627. The van der Waals surface area contributed by atoms with Gasteiger partial charge in [-0.3, -0.25) is 19.2 Å². The van der Waals surface area contributed by atoms with E-state index in [2.05, 4.69) is 28.6 Å². The predicted molar refractivity (Wildman–Crippen MR) is 109 cm³/mol. The Morgan fingerprint density at radius 3 is 1.72 bits per heavy atom. The molecular weight excluding hydrogens is 402 g/mol. The van der Waals surface area contributed by atoms with Crippen LogP contribution in [0.25, 0.3) is 0 Å². The van der Waals surface area contributed by atoms with Crippen molar-refractivity contribution in [3.63, 3.8) is 0 Å². The summed E-state index contributed by atoms with van der Waals surface area (Å²) in [5.74, 6) is -5.10. The molecule has 0 radical (unpaired) electrons. The van der Waals surface area contributed by atoms with Crippen LogP contribution in [-0.4, -0.2) is 64.6 Å². The van der Waals surface area contributed by atoms with Crippen LogP contribution in [-0.2, 0) is 24.0 Å². The number of aliphatic carboxylic acids is 1. The van der Waals surface area contributed by atoms with Crippen molar-refractivity contribution in [3.8, 4) is 0 Å². The maximum Gasteiger partial charge on any atom is 0.326 e. The lowest BCUT2D eigenvalue weighted by Crippen LogP contribution is -2.59. The van der Waals surface area contributed by atoms with Gasteiger partial charge in [-0.15, -0.1) is 0 Å². The number of rotatable bonds is 12. The Morgan fingerprint density at radius 1 is 0.862 bits per heavy atom. The summed E-state index contributed by atoms with van der Waals surface area (Å²) in [4.78, 5) is 59.6. The first-order valence-corrected chi connectivity index (χ1v) is 9.73. The fourth-order valence-corrected chi connectivity index (χ4v) is 2.47. The molecule has 0 saturated carbocycles. The molecule has 8 N–H and O–H groups in total. The molecule has 0 aliphatic carbocycles. The van der Waals surface area contributed by atoms with Crippen molar-refractivity contribution in [2.24, 2.45) is 23.3 Å². The summed E-state index contributed by atoms with van der Waals surface area (Å²) in [6, 6.07) is -4.62. The summed E-state index contributed by atoms with van der Waals surface area (Å²) in [5, 5.41) is 16.2. The van der Waals surface area contributed by atoms with E-state index in [1.165, 1.54) is 0 Å². The molecule has 4 unspecified atom stereocenters. The minimum Gasteiger partial charge on any atom is -0.480 e. The normalized spacial score (nSPS) is 15.2. The van der Waals surface area contributed by atoms with Gasteiger partial charge in [-0.05, 0) is 11.8 Å². The zero-order valence-corrected chi connectivity index (χ0v) is 17.9. The lowest BCUT2D eigenvalue weighted by molar-refractivity contribution is -0.143. The summed E-state index contributed by atoms with van der Waals surface area (Å²) >= 11 is 4.00. The number of amides is 4. The van der Waals surface area contributed by atoms with Crippen molar-refractivity contribution in [3.05, 3.63) is 0 Å². The second-order valence-corrected chi connectivity index (χ2v) is 7.68. The predicted octanol–water partition coefficient (Wildman–Crippen LogP) is -2.03. The van der Waals surface area contributed by atoms with E-state index < -0.39 is 66.1 Å². The van der Waals surface area contributed by atoms with Gasteiger partial charge in [0, 0.05) is 5.75 Å². The monoisotopic (exact) mass is 433 g/mol. The third-order valence-corrected chi connectivity index (χ3v) is 4.47. The fourth-order valence-electron chi connectivity index (χ4n) is 2.21. The molecule has 0 rings (SSSR count). The number of carboxylic acids is 1. The van der Waals surface area contributed by atoms with Gasteiger partial charge in [-0.25, -0.2) is 4.79 Å². The molecule has 12 heteroatoms. The van der Waals surface area contributed by atoms with Crippen LogP contribution in [0.4, 0.5) is 0 Å². The van der Waals surface area contributed by atoms with E-state index in [4.69, 9.17) is 11.5 Å². The number of carbonyl (C=O) groups is 5. The van der Waals surface area contributed by atoms with Gasteiger partial charge in [-0.2, -0.15) is 12.6 Å². The smallest absolute Gasteiger partial charge is 0.326 e. The average Bonchev–Trinajstić information content (AvgIpc) is 2.61. The Hall–Kier alpha value is -2.34. The second-order valence-electron chi connectivity index (χ2n) is 7.31. The van der Waals surface area contributed by atoms with Crippen LogP contribution >= 0.6 is 12.6 Å². The highest BCUT2D eigenvalue weighted by Gasteiger charge is 2.31. The van der Waals surface area contributed by atoms with E-state index >= 15 is 0 Å². The molecule has 0 aliphatic rings. The summed E-state index contributed by atoms with van der Waals surface area (Å²) in [5.41, 5.74) is 10.9. The van der Waals surface area contributed by atoms with Crippen molar-refractivity contribution < 1.29 is 29.1 Å². The zero-order valence-electron chi connectivity index (χ0n) is 17.0. The number of nitrogens with one attached hydrogen (secondary N) is 3. The van der Waals surface area contributed by atoms with Crippen molar-refractivity contribution in [2.75, 3.05) is 5.75 Å². The quantitative estimate of drug-likeness (QED) is 0.172. The van der Waals surface area contributed by atoms with Crippen molar-refractivity contribution >= 4 is 42.2 Å². The number of primary amides is 1. The highest BCUT2D eigenvalue weighted by molar-refractivity contribution is 7.80. The molecule has 0 saturated heterocycles.